The van der Waals surface area contributed by atoms with Gasteiger partial charge in [-0.15, -0.1) is 0 Å². The number of fused-ring (bicyclic) bond motifs is 1. The fraction of sp³-hybridized carbons (Fsp3) is 0.0526. The van der Waals surface area contributed by atoms with E-state index in [0.29, 0.717) is 0 Å². The van der Waals surface area contributed by atoms with Gasteiger partial charge < -0.3 is 0 Å². The van der Waals surface area contributed by atoms with E-state index in [2.05, 4.69) is 84.8 Å². The molecule has 0 unspecified atom stereocenters. The molecule has 0 atom stereocenters. The minimum atomic E-state index is 1.09. The topological polar surface area (TPSA) is 0 Å². The van der Waals surface area contributed by atoms with Crippen molar-refractivity contribution in [3.63, 3.8) is 0 Å². The van der Waals surface area contributed by atoms with E-state index in [1.165, 1.54) is 21.2 Å². The van der Waals surface area contributed by atoms with Crippen molar-refractivity contribution in [1.29, 1.82) is 0 Å². The minimum Gasteiger partial charge on any atom is -0.0616 e. The summed E-state index contributed by atoms with van der Waals surface area (Å²) < 4.78 is 0. The molecule has 0 saturated heterocycles. The van der Waals surface area contributed by atoms with Crippen molar-refractivity contribution in [2.24, 2.45) is 0 Å². The van der Waals surface area contributed by atoms with Crippen LogP contribution < -0.4 is 0 Å². The van der Waals surface area contributed by atoms with Crippen molar-refractivity contribution in [1.82, 2.24) is 0 Å². The van der Waals surface area contributed by atoms with Gasteiger partial charge in [0.25, 0.3) is 0 Å². The minimum absolute atomic E-state index is 1.09. The van der Waals surface area contributed by atoms with Crippen LogP contribution in [0.2, 0.25) is 0 Å². The van der Waals surface area contributed by atoms with E-state index in [1.54, 1.807) is 11.8 Å². The first-order chi connectivity index (χ1) is 9.83. The van der Waals surface area contributed by atoms with Crippen LogP contribution in [0.25, 0.3) is 10.8 Å². The van der Waals surface area contributed by atoms with Crippen molar-refractivity contribution in [3.8, 4) is 11.2 Å². The Morgan fingerprint density at radius 2 is 1.55 bits per heavy atom. The highest BCUT2D eigenvalue weighted by Crippen LogP contribution is 2.20. The molecule has 0 amide bonds. The predicted octanol–water partition coefficient (Wildman–Crippen LogP) is 5.25. The summed E-state index contributed by atoms with van der Waals surface area (Å²) >= 11 is 1.57. The molecule has 0 fully saturated rings. The quantitative estimate of drug-likeness (QED) is 0.431. The van der Waals surface area contributed by atoms with Crippen LogP contribution in [0.4, 0.5) is 0 Å². The zero-order chi connectivity index (χ0) is 13.8. The van der Waals surface area contributed by atoms with Crippen LogP contribution in [0.3, 0.4) is 0 Å². The molecule has 3 rings (SSSR count). The van der Waals surface area contributed by atoms with Gasteiger partial charge >= 0.3 is 0 Å². The molecule has 0 aliphatic carbocycles. The van der Waals surface area contributed by atoms with Crippen LogP contribution in [0.1, 0.15) is 11.1 Å². The third-order valence-electron chi connectivity index (χ3n) is 3.17. The fourth-order valence-electron chi connectivity index (χ4n) is 2.08. The first-order valence-corrected chi connectivity index (χ1v) is 7.37. The summed E-state index contributed by atoms with van der Waals surface area (Å²) in [5.74, 6) is 3.26. The molecule has 0 bridgehead atoms. The Hall–Kier alpha value is -2.17. The number of benzene rings is 3. The number of thioether (sulfide) groups is 1. The summed E-state index contributed by atoms with van der Waals surface area (Å²) in [6.07, 6.45) is 0. The highest BCUT2D eigenvalue weighted by Gasteiger charge is 1.96. The third kappa shape index (κ3) is 2.87. The lowest BCUT2D eigenvalue weighted by atomic mass is 10.1. The van der Waals surface area contributed by atoms with Gasteiger partial charge in [0.05, 0.1) is 0 Å². The van der Waals surface area contributed by atoms with E-state index in [4.69, 9.17) is 0 Å². The number of aryl methyl sites for hydroxylation is 1. The number of rotatable bonds is 1. The fourth-order valence-corrected chi connectivity index (χ4v) is 2.63. The molecule has 3 aromatic rings. The first-order valence-electron chi connectivity index (χ1n) is 6.55. The Labute approximate surface area is 123 Å². The summed E-state index contributed by atoms with van der Waals surface area (Å²) in [5, 5.41) is 5.65. The van der Waals surface area contributed by atoms with Crippen LogP contribution in [0.15, 0.2) is 71.6 Å². The molecule has 0 saturated carbocycles. The Morgan fingerprint density at radius 1 is 0.800 bits per heavy atom. The van der Waals surface area contributed by atoms with Crippen molar-refractivity contribution >= 4 is 22.5 Å². The van der Waals surface area contributed by atoms with E-state index in [1.807, 2.05) is 0 Å². The summed E-state index contributed by atoms with van der Waals surface area (Å²) in [6, 6.07) is 23.0. The van der Waals surface area contributed by atoms with Gasteiger partial charge in [-0.3, -0.25) is 0 Å². The molecule has 0 aliphatic rings. The second kappa shape index (κ2) is 5.86. The number of hydrogen-bond acceptors (Lipinski definition) is 1. The van der Waals surface area contributed by atoms with Crippen molar-refractivity contribution in [2.45, 2.75) is 11.8 Å². The Kier molecular flexibility index (Phi) is 3.76. The van der Waals surface area contributed by atoms with Crippen molar-refractivity contribution < 1.29 is 0 Å². The lowest BCUT2D eigenvalue weighted by Gasteiger charge is -1.99. The molecule has 0 radical (unpaired) electrons. The molecule has 0 aliphatic heterocycles. The van der Waals surface area contributed by atoms with E-state index >= 15 is 0 Å². The molecular weight excluding hydrogens is 260 g/mol. The van der Waals surface area contributed by atoms with Crippen LogP contribution in [0, 0.1) is 18.1 Å². The molecule has 0 N–H and O–H groups in total. The van der Waals surface area contributed by atoms with Gasteiger partial charge in [-0.2, -0.15) is 0 Å². The van der Waals surface area contributed by atoms with Crippen LogP contribution in [-0.2, 0) is 0 Å². The van der Waals surface area contributed by atoms with Gasteiger partial charge in [-0.25, -0.2) is 0 Å². The number of hydrogen-bond donors (Lipinski definition) is 0. The lowest BCUT2D eigenvalue weighted by molar-refractivity contribution is 1.38. The normalized spacial score (nSPS) is 10.1. The van der Waals surface area contributed by atoms with Crippen LogP contribution in [0.5, 0.6) is 0 Å². The highest BCUT2D eigenvalue weighted by molar-refractivity contribution is 8.04. The first kappa shape index (κ1) is 12.8. The lowest BCUT2D eigenvalue weighted by Crippen LogP contribution is -1.78. The summed E-state index contributed by atoms with van der Waals surface area (Å²) in [4.78, 5) is 1.18. The molecule has 3 aromatic carbocycles. The maximum Gasteiger partial charge on any atom is 0.0332 e. The average molecular weight is 274 g/mol. The van der Waals surface area contributed by atoms with Gasteiger partial charge in [0, 0.05) is 10.5 Å². The van der Waals surface area contributed by atoms with E-state index in [-0.39, 0.29) is 0 Å². The Morgan fingerprint density at radius 3 is 2.40 bits per heavy atom. The summed E-state index contributed by atoms with van der Waals surface area (Å²) in [5.41, 5.74) is 2.36. The largest absolute Gasteiger partial charge is 0.0616 e. The predicted molar refractivity (Wildman–Crippen MR) is 87.9 cm³/mol. The van der Waals surface area contributed by atoms with Gasteiger partial charge in [-0.05, 0) is 52.9 Å². The van der Waals surface area contributed by atoms with E-state index in [0.717, 1.165) is 5.56 Å². The zero-order valence-electron chi connectivity index (χ0n) is 11.3. The molecule has 96 valence electrons. The smallest absolute Gasteiger partial charge is 0.0332 e. The van der Waals surface area contributed by atoms with E-state index in [9.17, 15) is 0 Å². The van der Waals surface area contributed by atoms with E-state index < -0.39 is 0 Å². The van der Waals surface area contributed by atoms with Crippen molar-refractivity contribution in [3.05, 3.63) is 77.9 Å². The molecule has 0 aromatic heterocycles. The molecule has 20 heavy (non-hydrogen) atoms. The van der Waals surface area contributed by atoms with Crippen LogP contribution in [-0.4, -0.2) is 0 Å². The van der Waals surface area contributed by atoms with Gasteiger partial charge in [0.1, 0.15) is 0 Å². The maximum absolute atomic E-state index is 3.26. The van der Waals surface area contributed by atoms with Gasteiger partial charge in [0.2, 0.25) is 0 Å². The SMILES string of the molecule is Cc1ccc(SC#Cc2cccc3ccccc23)cc1. The second-order valence-electron chi connectivity index (χ2n) is 4.67. The maximum atomic E-state index is 3.26. The standard InChI is InChI=1S/C19H14S/c1-15-9-11-18(12-10-15)20-14-13-17-7-4-6-16-5-2-3-8-19(16)17/h2-12H,1H3. The van der Waals surface area contributed by atoms with Crippen molar-refractivity contribution in [2.75, 3.05) is 0 Å². The second-order valence-corrected chi connectivity index (χ2v) is 5.55. The molecule has 0 spiro atoms. The molecule has 0 heterocycles. The summed E-state index contributed by atoms with van der Waals surface area (Å²) in [6.45, 7) is 2.09. The zero-order valence-corrected chi connectivity index (χ0v) is 12.1. The molecule has 0 nitrogen and oxygen atoms in total. The average Bonchev–Trinajstić information content (AvgIpc) is 2.49. The Bertz CT molecular complexity index is 784. The summed E-state index contributed by atoms with van der Waals surface area (Å²) in [7, 11) is 0. The Balaban J connectivity index is 1.87. The third-order valence-corrected chi connectivity index (χ3v) is 3.88. The molecular formula is C19H14S. The highest BCUT2D eigenvalue weighted by atomic mass is 32.2. The molecule has 1 heteroatoms. The van der Waals surface area contributed by atoms with Crippen LogP contribution >= 0.6 is 11.8 Å². The van der Waals surface area contributed by atoms with Gasteiger partial charge in [0.15, 0.2) is 0 Å². The van der Waals surface area contributed by atoms with Gasteiger partial charge in [-0.1, -0.05) is 60.0 Å². The monoisotopic (exact) mass is 274 g/mol.